The first-order chi connectivity index (χ1) is 15.4. The SMILES string of the molecule is COC(=O)[C@@H](NC(=O)C(CC(=O)N1CCOCC1)Cc1cccc2ccccc12)C(C)C. The lowest BCUT2D eigenvalue weighted by molar-refractivity contribution is -0.147. The lowest BCUT2D eigenvalue weighted by atomic mass is 9.91. The van der Waals surface area contributed by atoms with Crippen molar-refractivity contribution in [3.63, 3.8) is 0 Å². The smallest absolute Gasteiger partial charge is 0.328 e. The Morgan fingerprint density at radius 1 is 1.06 bits per heavy atom. The van der Waals surface area contributed by atoms with Crippen molar-refractivity contribution >= 4 is 28.6 Å². The van der Waals surface area contributed by atoms with Crippen molar-refractivity contribution < 1.29 is 23.9 Å². The van der Waals surface area contributed by atoms with E-state index in [-0.39, 0.29) is 24.2 Å². The summed E-state index contributed by atoms with van der Waals surface area (Å²) in [6, 6.07) is 13.2. The van der Waals surface area contributed by atoms with Gasteiger partial charge in [0.25, 0.3) is 0 Å². The van der Waals surface area contributed by atoms with Crippen molar-refractivity contribution in [1.29, 1.82) is 0 Å². The number of nitrogens with zero attached hydrogens (tertiary/aromatic N) is 1. The second-order valence-electron chi connectivity index (χ2n) is 8.49. The summed E-state index contributed by atoms with van der Waals surface area (Å²) in [5.74, 6) is -1.63. The molecule has 0 spiro atoms. The van der Waals surface area contributed by atoms with Gasteiger partial charge in [0, 0.05) is 19.5 Å². The van der Waals surface area contributed by atoms with Crippen LogP contribution in [-0.4, -0.2) is 62.1 Å². The number of methoxy groups -OCH3 is 1. The average Bonchev–Trinajstić information content (AvgIpc) is 2.82. The van der Waals surface area contributed by atoms with Crippen molar-refractivity contribution in [1.82, 2.24) is 10.2 Å². The van der Waals surface area contributed by atoms with Gasteiger partial charge in [0.05, 0.1) is 26.2 Å². The van der Waals surface area contributed by atoms with Crippen LogP contribution in [0.1, 0.15) is 25.8 Å². The number of hydrogen-bond donors (Lipinski definition) is 1. The minimum Gasteiger partial charge on any atom is -0.467 e. The summed E-state index contributed by atoms with van der Waals surface area (Å²) < 4.78 is 10.2. The minimum atomic E-state index is -0.763. The summed E-state index contributed by atoms with van der Waals surface area (Å²) >= 11 is 0. The quantitative estimate of drug-likeness (QED) is 0.638. The predicted octanol–water partition coefficient (Wildman–Crippen LogP) is 2.56. The summed E-state index contributed by atoms with van der Waals surface area (Å²) in [6.07, 6.45) is 0.469. The molecule has 32 heavy (non-hydrogen) atoms. The molecule has 3 rings (SSSR count). The molecule has 7 heteroatoms. The van der Waals surface area contributed by atoms with E-state index in [9.17, 15) is 14.4 Å². The van der Waals surface area contributed by atoms with Crippen LogP contribution in [0.5, 0.6) is 0 Å². The molecule has 0 aromatic heterocycles. The van der Waals surface area contributed by atoms with E-state index in [0.717, 1.165) is 16.3 Å². The van der Waals surface area contributed by atoms with E-state index in [1.165, 1.54) is 7.11 Å². The monoisotopic (exact) mass is 440 g/mol. The van der Waals surface area contributed by atoms with E-state index in [0.29, 0.717) is 32.7 Å². The maximum atomic E-state index is 13.3. The molecule has 7 nitrogen and oxygen atoms in total. The van der Waals surface area contributed by atoms with Gasteiger partial charge in [-0.3, -0.25) is 9.59 Å². The maximum absolute atomic E-state index is 13.3. The van der Waals surface area contributed by atoms with Crippen molar-refractivity contribution in [2.24, 2.45) is 11.8 Å². The summed E-state index contributed by atoms with van der Waals surface area (Å²) in [5.41, 5.74) is 0.997. The molecule has 2 atom stereocenters. The standard InChI is InChI=1S/C25H32N2O5/c1-17(2)23(25(30)31-3)26-24(29)20(16-22(28)27-11-13-32-14-12-27)15-19-9-6-8-18-7-4-5-10-21(18)19/h4-10,17,20,23H,11-16H2,1-3H3,(H,26,29)/t20?,23-/m0/s1. The molecular formula is C25H32N2O5. The van der Waals surface area contributed by atoms with Gasteiger partial charge in [-0.2, -0.15) is 0 Å². The first kappa shape index (κ1) is 23.7. The third-order valence-corrected chi connectivity index (χ3v) is 5.92. The van der Waals surface area contributed by atoms with Crippen molar-refractivity contribution in [2.75, 3.05) is 33.4 Å². The first-order valence-electron chi connectivity index (χ1n) is 11.1. The molecule has 1 N–H and O–H groups in total. The zero-order valence-electron chi connectivity index (χ0n) is 19.0. The van der Waals surface area contributed by atoms with Crippen molar-refractivity contribution in [2.45, 2.75) is 32.7 Å². The Morgan fingerprint density at radius 2 is 1.75 bits per heavy atom. The summed E-state index contributed by atoms with van der Waals surface area (Å²) in [7, 11) is 1.30. The second kappa shape index (κ2) is 11.1. The highest BCUT2D eigenvalue weighted by atomic mass is 16.5. The molecule has 2 amide bonds. The Kier molecular flexibility index (Phi) is 8.22. The molecular weight excluding hydrogens is 408 g/mol. The van der Waals surface area contributed by atoms with E-state index in [1.807, 2.05) is 56.3 Å². The molecule has 2 aromatic carbocycles. The highest BCUT2D eigenvalue weighted by Gasteiger charge is 2.31. The van der Waals surface area contributed by atoms with Crippen LogP contribution in [0.3, 0.4) is 0 Å². The maximum Gasteiger partial charge on any atom is 0.328 e. The van der Waals surface area contributed by atoms with Crippen LogP contribution in [-0.2, 0) is 30.3 Å². The van der Waals surface area contributed by atoms with Crippen LogP contribution < -0.4 is 5.32 Å². The van der Waals surface area contributed by atoms with Gasteiger partial charge in [-0.05, 0) is 28.7 Å². The fourth-order valence-corrected chi connectivity index (χ4v) is 4.04. The Morgan fingerprint density at radius 3 is 2.44 bits per heavy atom. The van der Waals surface area contributed by atoms with Crippen LogP contribution in [0.2, 0.25) is 0 Å². The second-order valence-corrected chi connectivity index (χ2v) is 8.49. The molecule has 1 aliphatic heterocycles. The van der Waals surface area contributed by atoms with E-state index in [2.05, 4.69) is 5.32 Å². The Hall–Kier alpha value is -2.93. The lowest BCUT2D eigenvalue weighted by Gasteiger charge is -2.29. The Bertz CT molecular complexity index is 947. The molecule has 1 fully saturated rings. The van der Waals surface area contributed by atoms with E-state index in [4.69, 9.17) is 9.47 Å². The number of esters is 1. The molecule has 0 radical (unpaired) electrons. The van der Waals surface area contributed by atoms with Gasteiger partial charge in [0.15, 0.2) is 0 Å². The van der Waals surface area contributed by atoms with Gasteiger partial charge in [0.1, 0.15) is 6.04 Å². The van der Waals surface area contributed by atoms with E-state index >= 15 is 0 Å². The summed E-state index contributed by atoms with van der Waals surface area (Å²) in [4.78, 5) is 40.2. The van der Waals surface area contributed by atoms with Gasteiger partial charge < -0.3 is 19.7 Å². The van der Waals surface area contributed by atoms with Gasteiger partial charge in [-0.25, -0.2) is 4.79 Å². The largest absolute Gasteiger partial charge is 0.467 e. The topological polar surface area (TPSA) is 84.9 Å². The van der Waals surface area contributed by atoms with Crippen LogP contribution in [0.4, 0.5) is 0 Å². The number of nitrogens with one attached hydrogen (secondary N) is 1. The number of hydrogen-bond acceptors (Lipinski definition) is 5. The summed E-state index contributed by atoms with van der Waals surface area (Å²) in [5, 5.41) is 4.97. The fourth-order valence-electron chi connectivity index (χ4n) is 4.04. The highest BCUT2D eigenvalue weighted by Crippen LogP contribution is 2.24. The van der Waals surface area contributed by atoms with Crippen molar-refractivity contribution in [3.05, 3.63) is 48.0 Å². The first-order valence-corrected chi connectivity index (χ1v) is 11.1. The zero-order chi connectivity index (χ0) is 23.1. The summed E-state index contributed by atoms with van der Waals surface area (Å²) in [6.45, 7) is 5.75. The molecule has 1 unspecified atom stereocenters. The van der Waals surface area contributed by atoms with Crippen LogP contribution in [0.15, 0.2) is 42.5 Å². The third kappa shape index (κ3) is 5.85. The van der Waals surface area contributed by atoms with Crippen LogP contribution in [0.25, 0.3) is 10.8 Å². The molecule has 1 saturated heterocycles. The molecule has 172 valence electrons. The van der Waals surface area contributed by atoms with Gasteiger partial charge in [0.2, 0.25) is 11.8 Å². The number of carbonyl (C=O) groups excluding carboxylic acids is 3. The number of rotatable bonds is 8. The highest BCUT2D eigenvalue weighted by molar-refractivity contribution is 5.91. The number of carbonyl (C=O) groups is 3. The fraction of sp³-hybridized carbons (Fsp3) is 0.480. The molecule has 0 saturated carbocycles. The molecule has 1 aliphatic rings. The Labute approximate surface area is 189 Å². The van der Waals surface area contributed by atoms with Gasteiger partial charge >= 0.3 is 5.97 Å². The van der Waals surface area contributed by atoms with Gasteiger partial charge in [-0.1, -0.05) is 56.3 Å². The van der Waals surface area contributed by atoms with E-state index < -0.39 is 17.9 Å². The zero-order valence-corrected chi connectivity index (χ0v) is 19.0. The van der Waals surface area contributed by atoms with Crippen molar-refractivity contribution in [3.8, 4) is 0 Å². The molecule has 2 aromatic rings. The lowest BCUT2D eigenvalue weighted by Crippen LogP contribution is -2.49. The van der Waals surface area contributed by atoms with Gasteiger partial charge in [-0.15, -0.1) is 0 Å². The third-order valence-electron chi connectivity index (χ3n) is 5.92. The minimum absolute atomic E-state index is 0.0705. The number of morpholine rings is 1. The van der Waals surface area contributed by atoms with Crippen LogP contribution >= 0.6 is 0 Å². The number of ether oxygens (including phenoxy) is 2. The number of fused-ring (bicyclic) bond motifs is 1. The van der Waals surface area contributed by atoms with Crippen LogP contribution in [0, 0.1) is 11.8 Å². The predicted molar refractivity (Wildman–Crippen MR) is 122 cm³/mol. The average molecular weight is 441 g/mol. The van der Waals surface area contributed by atoms with E-state index in [1.54, 1.807) is 4.90 Å². The number of amides is 2. The molecule has 0 bridgehead atoms. The number of benzene rings is 2. The molecule has 1 heterocycles. The molecule has 0 aliphatic carbocycles. The normalized spacial score (nSPS) is 15.9. The Balaban J connectivity index is 1.85.